The third-order valence-corrected chi connectivity index (χ3v) is 5.44. The average Bonchev–Trinajstić information content (AvgIpc) is 2.62. The first-order chi connectivity index (χ1) is 12.3. The van der Waals surface area contributed by atoms with Crippen LogP contribution in [-0.2, 0) is 10.0 Å². The first-order valence-electron chi connectivity index (χ1n) is 8.03. The molecule has 0 aliphatic rings. The third-order valence-electron chi connectivity index (χ3n) is 3.67. The van der Waals surface area contributed by atoms with Gasteiger partial charge in [0, 0.05) is 23.2 Å². The van der Waals surface area contributed by atoms with Crippen molar-refractivity contribution in [1.29, 1.82) is 0 Å². The third kappa shape index (κ3) is 4.68. The Balaban J connectivity index is 2.34. The number of amides is 1. The molecule has 0 spiro atoms. The summed E-state index contributed by atoms with van der Waals surface area (Å²) in [6.07, 6.45) is 0.793. The lowest BCUT2D eigenvalue weighted by molar-refractivity contribution is 0.0953. The topological polar surface area (TPSA) is 84.5 Å². The highest BCUT2D eigenvalue weighted by atomic mass is 35.5. The molecule has 6 nitrogen and oxygen atoms in total. The minimum Gasteiger partial charge on any atom is -0.495 e. The monoisotopic (exact) mass is 396 g/mol. The molecule has 2 aromatic rings. The molecule has 1 amide bonds. The van der Waals surface area contributed by atoms with Gasteiger partial charge in [-0.05, 0) is 43.2 Å². The van der Waals surface area contributed by atoms with Crippen molar-refractivity contribution in [3.8, 4) is 5.75 Å². The number of hydrogen-bond donors (Lipinski definition) is 2. The van der Waals surface area contributed by atoms with E-state index in [1.807, 2.05) is 6.92 Å². The molecular formula is C18H21ClN2O4S. The van der Waals surface area contributed by atoms with E-state index in [0.29, 0.717) is 22.9 Å². The van der Waals surface area contributed by atoms with Crippen molar-refractivity contribution in [2.75, 3.05) is 18.4 Å². The molecule has 0 saturated carbocycles. The van der Waals surface area contributed by atoms with Gasteiger partial charge in [-0.1, -0.05) is 24.6 Å². The fourth-order valence-corrected chi connectivity index (χ4v) is 3.52. The molecule has 0 unspecified atom stereocenters. The molecule has 0 radical (unpaired) electrons. The second-order valence-electron chi connectivity index (χ2n) is 5.69. The maximum absolute atomic E-state index is 12.7. The molecule has 0 heterocycles. The number of halogens is 1. The van der Waals surface area contributed by atoms with Crippen molar-refractivity contribution in [2.24, 2.45) is 0 Å². The van der Waals surface area contributed by atoms with Gasteiger partial charge >= 0.3 is 0 Å². The Hall–Kier alpha value is -2.25. The number of rotatable bonds is 7. The number of benzene rings is 2. The molecule has 140 valence electrons. The van der Waals surface area contributed by atoms with E-state index in [0.717, 1.165) is 6.42 Å². The Kier molecular flexibility index (Phi) is 6.50. The number of nitrogens with one attached hydrogen (secondary N) is 2. The van der Waals surface area contributed by atoms with E-state index < -0.39 is 10.0 Å². The molecule has 2 rings (SSSR count). The van der Waals surface area contributed by atoms with E-state index >= 15 is 0 Å². The highest BCUT2D eigenvalue weighted by Crippen LogP contribution is 2.32. The van der Waals surface area contributed by atoms with Crippen LogP contribution in [0.2, 0.25) is 5.02 Å². The predicted molar refractivity (Wildman–Crippen MR) is 103 cm³/mol. The number of hydrogen-bond acceptors (Lipinski definition) is 4. The summed E-state index contributed by atoms with van der Waals surface area (Å²) in [6.45, 7) is 4.22. The molecule has 8 heteroatoms. The van der Waals surface area contributed by atoms with Crippen LogP contribution in [0.15, 0.2) is 41.3 Å². The van der Waals surface area contributed by atoms with Gasteiger partial charge in [0.25, 0.3) is 15.9 Å². The van der Waals surface area contributed by atoms with E-state index in [2.05, 4.69) is 10.0 Å². The van der Waals surface area contributed by atoms with Crippen molar-refractivity contribution in [3.63, 3.8) is 0 Å². The van der Waals surface area contributed by atoms with E-state index in [-0.39, 0.29) is 22.1 Å². The highest BCUT2D eigenvalue weighted by Gasteiger charge is 2.19. The first-order valence-corrected chi connectivity index (χ1v) is 9.89. The van der Waals surface area contributed by atoms with E-state index in [9.17, 15) is 13.2 Å². The molecule has 0 bridgehead atoms. The zero-order chi connectivity index (χ0) is 19.3. The summed E-state index contributed by atoms with van der Waals surface area (Å²) in [5, 5.41) is 3.19. The van der Waals surface area contributed by atoms with Crippen LogP contribution >= 0.6 is 11.6 Å². The lowest BCUT2D eigenvalue weighted by atomic mass is 10.2. The van der Waals surface area contributed by atoms with Crippen LogP contribution in [0.25, 0.3) is 0 Å². The van der Waals surface area contributed by atoms with Crippen molar-refractivity contribution < 1.29 is 17.9 Å². The van der Waals surface area contributed by atoms with Crippen molar-refractivity contribution in [3.05, 3.63) is 52.5 Å². The maximum atomic E-state index is 12.7. The quantitative estimate of drug-likeness (QED) is 0.748. The van der Waals surface area contributed by atoms with Crippen LogP contribution < -0.4 is 14.8 Å². The second-order valence-corrected chi connectivity index (χ2v) is 7.78. The number of anilines is 1. The zero-order valence-corrected chi connectivity index (χ0v) is 16.4. The Morgan fingerprint density at radius 3 is 2.62 bits per heavy atom. The SMILES string of the molecule is CCCNC(=O)c1cccc(S(=O)(=O)Nc2cc(C)c(Cl)cc2OC)c1. The smallest absolute Gasteiger partial charge is 0.262 e. The molecular weight excluding hydrogens is 376 g/mol. The van der Waals surface area contributed by atoms with E-state index in [4.69, 9.17) is 16.3 Å². The van der Waals surface area contributed by atoms with Crippen molar-refractivity contribution in [1.82, 2.24) is 5.32 Å². The second kappa shape index (κ2) is 8.42. The van der Waals surface area contributed by atoms with Gasteiger partial charge in [0.15, 0.2) is 0 Å². The van der Waals surface area contributed by atoms with Crippen LogP contribution in [0.3, 0.4) is 0 Å². The van der Waals surface area contributed by atoms with Gasteiger partial charge in [-0.15, -0.1) is 0 Å². The number of methoxy groups -OCH3 is 1. The van der Waals surface area contributed by atoms with Crippen molar-refractivity contribution >= 4 is 33.2 Å². The van der Waals surface area contributed by atoms with E-state index in [1.165, 1.54) is 25.3 Å². The standard InChI is InChI=1S/C18H21ClN2O4S/c1-4-8-20-18(22)13-6-5-7-14(10-13)26(23,24)21-16-9-12(2)15(19)11-17(16)25-3/h5-7,9-11,21H,4,8H2,1-3H3,(H,20,22). The molecule has 0 saturated heterocycles. The largest absolute Gasteiger partial charge is 0.495 e. The summed E-state index contributed by atoms with van der Waals surface area (Å²) < 4.78 is 33.1. The Labute approximate surface area is 158 Å². The Morgan fingerprint density at radius 1 is 1.23 bits per heavy atom. The van der Waals surface area contributed by atoms with Gasteiger partial charge in [-0.25, -0.2) is 8.42 Å². The minimum absolute atomic E-state index is 0.0173. The van der Waals surface area contributed by atoms with Crippen LogP contribution in [0.1, 0.15) is 29.3 Å². The van der Waals surface area contributed by atoms with Gasteiger partial charge in [-0.2, -0.15) is 0 Å². The Bertz CT molecular complexity index is 913. The van der Waals surface area contributed by atoms with Crippen LogP contribution in [-0.4, -0.2) is 28.0 Å². The van der Waals surface area contributed by atoms with Gasteiger partial charge < -0.3 is 10.1 Å². The summed E-state index contributed by atoms with van der Waals surface area (Å²) in [6, 6.07) is 8.99. The first kappa shape index (κ1) is 20.1. The maximum Gasteiger partial charge on any atom is 0.262 e. The number of ether oxygens (including phenoxy) is 1. The molecule has 2 aromatic carbocycles. The molecule has 0 atom stereocenters. The number of carbonyl (C=O) groups is 1. The summed E-state index contributed by atoms with van der Waals surface area (Å²) in [7, 11) is -2.48. The fourth-order valence-electron chi connectivity index (χ4n) is 2.26. The molecule has 0 aliphatic carbocycles. The summed E-state index contributed by atoms with van der Waals surface area (Å²) in [5.41, 5.74) is 1.26. The van der Waals surface area contributed by atoms with Gasteiger partial charge in [0.2, 0.25) is 0 Å². The lowest BCUT2D eigenvalue weighted by Gasteiger charge is -2.14. The molecule has 0 fully saturated rings. The lowest BCUT2D eigenvalue weighted by Crippen LogP contribution is -2.24. The summed E-state index contributed by atoms with van der Waals surface area (Å²) in [4.78, 5) is 12.0. The Morgan fingerprint density at radius 2 is 1.96 bits per heavy atom. The van der Waals surface area contributed by atoms with Crippen LogP contribution in [0.4, 0.5) is 5.69 Å². The predicted octanol–water partition coefficient (Wildman–Crippen LogP) is 3.60. The van der Waals surface area contributed by atoms with Crippen LogP contribution in [0, 0.1) is 6.92 Å². The molecule has 2 N–H and O–H groups in total. The summed E-state index contributed by atoms with van der Waals surface area (Å²) >= 11 is 6.05. The number of sulfonamides is 1. The average molecular weight is 397 g/mol. The highest BCUT2D eigenvalue weighted by molar-refractivity contribution is 7.92. The van der Waals surface area contributed by atoms with Gasteiger partial charge in [0.1, 0.15) is 5.75 Å². The molecule has 26 heavy (non-hydrogen) atoms. The number of carbonyl (C=O) groups excluding carboxylic acids is 1. The van der Waals surface area contributed by atoms with Crippen LogP contribution in [0.5, 0.6) is 5.75 Å². The fraction of sp³-hybridized carbons (Fsp3) is 0.278. The zero-order valence-electron chi connectivity index (χ0n) is 14.8. The van der Waals surface area contributed by atoms with Gasteiger partial charge in [-0.3, -0.25) is 9.52 Å². The summed E-state index contributed by atoms with van der Waals surface area (Å²) in [5.74, 6) is -0.00941. The number of aryl methyl sites for hydroxylation is 1. The molecule has 0 aromatic heterocycles. The van der Waals surface area contributed by atoms with Gasteiger partial charge in [0.05, 0.1) is 17.7 Å². The van der Waals surface area contributed by atoms with Crippen molar-refractivity contribution in [2.45, 2.75) is 25.2 Å². The molecule has 0 aliphatic heterocycles. The minimum atomic E-state index is -3.91. The van der Waals surface area contributed by atoms with E-state index in [1.54, 1.807) is 25.1 Å². The normalized spacial score (nSPS) is 11.1.